The fraction of sp³-hybridized carbons (Fsp3) is 0.450. The number of hydrogen-bond acceptors (Lipinski definition) is 6. The molecule has 3 aromatic rings. The minimum absolute atomic E-state index is 0.139. The van der Waals surface area contributed by atoms with Gasteiger partial charge < -0.3 is 4.52 Å². The van der Waals surface area contributed by atoms with Crippen LogP contribution in [0, 0.1) is 12.7 Å². The molecule has 148 valence electrons. The second-order valence-corrected chi connectivity index (χ2v) is 8.09. The van der Waals surface area contributed by atoms with Gasteiger partial charge in [0.2, 0.25) is 0 Å². The summed E-state index contributed by atoms with van der Waals surface area (Å²) in [6.07, 6.45) is 3.70. The Morgan fingerprint density at radius 1 is 1.14 bits per heavy atom. The molecule has 1 saturated heterocycles. The van der Waals surface area contributed by atoms with Crippen molar-refractivity contribution in [3.8, 4) is 5.69 Å². The first-order chi connectivity index (χ1) is 13.6. The van der Waals surface area contributed by atoms with Gasteiger partial charge in [0.1, 0.15) is 11.6 Å². The van der Waals surface area contributed by atoms with Crippen molar-refractivity contribution < 1.29 is 8.91 Å². The van der Waals surface area contributed by atoms with Gasteiger partial charge in [-0.2, -0.15) is 0 Å². The quantitative estimate of drug-likeness (QED) is 0.565. The third-order valence-corrected chi connectivity index (χ3v) is 6.03. The van der Waals surface area contributed by atoms with Gasteiger partial charge in [-0.25, -0.2) is 4.39 Å². The monoisotopic (exact) mass is 401 g/mol. The molecule has 0 bridgehead atoms. The summed E-state index contributed by atoms with van der Waals surface area (Å²) >= 11 is 1.54. The topological polar surface area (TPSA) is 60.0 Å². The Labute approximate surface area is 168 Å². The highest BCUT2D eigenvalue weighted by molar-refractivity contribution is 7.98. The van der Waals surface area contributed by atoms with Gasteiger partial charge in [-0.1, -0.05) is 23.3 Å². The Kier molecular flexibility index (Phi) is 5.77. The fourth-order valence-corrected chi connectivity index (χ4v) is 4.40. The molecule has 0 radical (unpaired) electrons. The van der Waals surface area contributed by atoms with Gasteiger partial charge in [-0.3, -0.25) is 9.47 Å². The Hall–Kier alpha value is -2.19. The Morgan fingerprint density at radius 2 is 1.89 bits per heavy atom. The minimum atomic E-state index is -0.256. The number of halogens is 1. The number of piperidine rings is 1. The Bertz CT molecular complexity index is 917. The zero-order valence-electron chi connectivity index (χ0n) is 16.1. The van der Waals surface area contributed by atoms with Crippen LogP contribution in [0.5, 0.6) is 0 Å². The summed E-state index contributed by atoms with van der Waals surface area (Å²) in [6.45, 7) is 6.20. The molecule has 0 saturated carbocycles. The molecule has 2 aromatic heterocycles. The molecule has 0 N–H and O–H groups in total. The van der Waals surface area contributed by atoms with Crippen molar-refractivity contribution in [3.05, 3.63) is 53.4 Å². The summed E-state index contributed by atoms with van der Waals surface area (Å²) in [6, 6.07) is 8.54. The number of benzene rings is 1. The molecule has 0 amide bonds. The highest BCUT2D eigenvalue weighted by Crippen LogP contribution is 2.30. The molecule has 6 nitrogen and oxygen atoms in total. The molecular formula is C20H24FN5OS. The SMILES string of the molecule is Cc1cc(CSc2nnc(C(C)N3CCCCC3)n2-c2ccc(F)cc2)on1. The van der Waals surface area contributed by atoms with Gasteiger partial charge in [0.25, 0.3) is 0 Å². The number of hydrogen-bond donors (Lipinski definition) is 0. The lowest BCUT2D eigenvalue weighted by Gasteiger charge is -2.31. The van der Waals surface area contributed by atoms with Crippen molar-refractivity contribution in [3.63, 3.8) is 0 Å². The molecule has 1 atom stereocenters. The maximum Gasteiger partial charge on any atom is 0.196 e. The van der Waals surface area contributed by atoms with Crippen LogP contribution in [-0.4, -0.2) is 37.9 Å². The maximum absolute atomic E-state index is 13.5. The van der Waals surface area contributed by atoms with E-state index in [1.54, 1.807) is 23.9 Å². The van der Waals surface area contributed by atoms with E-state index >= 15 is 0 Å². The normalized spacial score (nSPS) is 16.4. The van der Waals surface area contributed by atoms with Crippen molar-refractivity contribution in [1.82, 2.24) is 24.8 Å². The molecular weight excluding hydrogens is 377 g/mol. The van der Waals surface area contributed by atoms with Crippen molar-refractivity contribution >= 4 is 11.8 Å². The lowest BCUT2D eigenvalue weighted by molar-refractivity contribution is 0.167. The second kappa shape index (κ2) is 8.45. The highest BCUT2D eigenvalue weighted by atomic mass is 32.2. The first-order valence-corrected chi connectivity index (χ1v) is 10.6. The van der Waals surface area contributed by atoms with Gasteiger partial charge in [0.05, 0.1) is 17.5 Å². The van der Waals surface area contributed by atoms with Crippen LogP contribution in [0.2, 0.25) is 0 Å². The van der Waals surface area contributed by atoms with E-state index in [1.807, 2.05) is 17.6 Å². The summed E-state index contributed by atoms with van der Waals surface area (Å²) < 4.78 is 20.8. The van der Waals surface area contributed by atoms with Crippen LogP contribution in [0.3, 0.4) is 0 Å². The maximum atomic E-state index is 13.5. The molecule has 8 heteroatoms. The van der Waals surface area contributed by atoms with E-state index in [4.69, 9.17) is 4.52 Å². The van der Waals surface area contributed by atoms with Crippen LogP contribution >= 0.6 is 11.8 Å². The Balaban J connectivity index is 1.65. The molecule has 0 spiro atoms. The van der Waals surface area contributed by atoms with E-state index in [2.05, 4.69) is 27.2 Å². The van der Waals surface area contributed by atoms with E-state index < -0.39 is 0 Å². The number of aryl methyl sites for hydroxylation is 1. The van der Waals surface area contributed by atoms with Crippen LogP contribution in [0.4, 0.5) is 4.39 Å². The van der Waals surface area contributed by atoms with E-state index in [-0.39, 0.29) is 11.9 Å². The van der Waals surface area contributed by atoms with E-state index in [1.165, 1.54) is 31.4 Å². The fourth-order valence-electron chi connectivity index (χ4n) is 3.57. The van der Waals surface area contributed by atoms with Gasteiger partial charge in [0, 0.05) is 11.8 Å². The predicted molar refractivity (Wildman–Crippen MR) is 106 cm³/mol. The summed E-state index contributed by atoms with van der Waals surface area (Å²) in [7, 11) is 0. The summed E-state index contributed by atoms with van der Waals surface area (Å²) in [5.41, 5.74) is 1.72. The number of nitrogens with zero attached hydrogens (tertiary/aromatic N) is 5. The van der Waals surface area contributed by atoms with Gasteiger partial charge in [-0.15, -0.1) is 10.2 Å². The first kappa shape index (κ1) is 19.1. The van der Waals surface area contributed by atoms with Crippen LogP contribution < -0.4 is 0 Å². The van der Waals surface area contributed by atoms with Crippen molar-refractivity contribution in [2.24, 2.45) is 0 Å². The molecule has 1 unspecified atom stereocenters. The molecule has 3 heterocycles. The lowest BCUT2D eigenvalue weighted by Crippen LogP contribution is -2.33. The molecule has 1 aliphatic heterocycles. The van der Waals surface area contributed by atoms with E-state index in [0.29, 0.717) is 5.75 Å². The molecule has 0 aliphatic carbocycles. The largest absolute Gasteiger partial charge is 0.360 e. The highest BCUT2D eigenvalue weighted by Gasteiger charge is 2.25. The lowest BCUT2D eigenvalue weighted by atomic mass is 10.1. The number of thioether (sulfide) groups is 1. The van der Waals surface area contributed by atoms with Crippen molar-refractivity contribution in [1.29, 1.82) is 0 Å². The summed E-state index contributed by atoms with van der Waals surface area (Å²) in [4.78, 5) is 2.45. The van der Waals surface area contributed by atoms with Gasteiger partial charge >= 0.3 is 0 Å². The van der Waals surface area contributed by atoms with E-state index in [9.17, 15) is 4.39 Å². The van der Waals surface area contributed by atoms with Gasteiger partial charge in [0.15, 0.2) is 11.0 Å². The average Bonchev–Trinajstić information content (AvgIpc) is 3.33. The zero-order valence-corrected chi connectivity index (χ0v) is 17.0. The number of aromatic nitrogens is 4. The third-order valence-electron chi connectivity index (χ3n) is 5.08. The zero-order chi connectivity index (χ0) is 19.5. The smallest absolute Gasteiger partial charge is 0.196 e. The molecule has 1 aromatic carbocycles. The van der Waals surface area contributed by atoms with Crippen molar-refractivity contribution in [2.45, 2.75) is 50.1 Å². The minimum Gasteiger partial charge on any atom is -0.360 e. The molecule has 1 aliphatic rings. The summed E-state index contributed by atoms with van der Waals surface area (Å²) in [5.74, 6) is 2.03. The number of likely N-dealkylation sites (tertiary alicyclic amines) is 1. The summed E-state index contributed by atoms with van der Waals surface area (Å²) in [5, 5.41) is 13.7. The van der Waals surface area contributed by atoms with Crippen LogP contribution in [0.1, 0.15) is 49.5 Å². The molecule has 4 rings (SSSR count). The standard InChI is InChI=1S/C20H24FN5OS/c1-14-12-18(27-24-14)13-28-20-23-22-19(15(2)25-10-4-3-5-11-25)26(20)17-8-6-16(21)7-9-17/h6-9,12,15H,3-5,10-11,13H2,1-2H3. The average molecular weight is 402 g/mol. The van der Waals surface area contributed by atoms with Crippen LogP contribution in [0.25, 0.3) is 5.69 Å². The van der Waals surface area contributed by atoms with Crippen LogP contribution in [0.15, 0.2) is 40.0 Å². The van der Waals surface area contributed by atoms with Crippen molar-refractivity contribution in [2.75, 3.05) is 13.1 Å². The second-order valence-electron chi connectivity index (χ2n) is 7.15. The first-order valence-electron chi connectivity index (χ1n) is 9.62. The molecule has 28 heavy (non-hydrogen) atoms. The third kappa shape index (κ3) is 4.12. The number of rotatable bonds is 6. The van der Waals surface area contributed by atoms with E-state index in [0.717, 1.165) is 41.2 Å². The predicted octanol–water partition coefficient (Wildman–Crippen LogP) is 4.54. The van der Waals surface area contributed by atoms with Gasteiger partial charge in [-0.05, 0) is 64.0 Å². The Morgan fingerprint density at radius 3 is 2.57 bits per heavy atom. The molecule has 1 fully saturated rings. The van der Waals surface area contributed by atoms with Crippen LogP contribution in [-0.2, 0) is 5.75 Å².